The van der Waals surface area contributed by atoms with Crippen molar-refractivity contribution in [1.29, 1.82) is 0 Å². The molecule has 1 aromatic carbocycles. The van der Waals surface area contributed by atoms with Gasteiger partial charge in [-0.15, -0.1) is 0 Å². The van der Waals surface area contributed by atoms with Crippen LogP contribution in [0.3, 0.4) is 0 Å². The SMILES string of the molecule is O=c1[nH]c(CN2CC[C@@H](O)C2)nc2ccc(Cl)cc12. The Labute approximate surface area is 114 Å². The molecule has 0 saturated carbocycles. The largest absolute Gasteiger partial charge is 0.392 e. The Morgan fingerprint density at radius 3 is 3.11 bits per heavy atom. The Morgan fingerprint density at radius 1 is 1.53 bits per heavy atom. The molecule has 2 aromatic rings. The number of aliphatic hydroxyl groups excluding tert-OH is 1. The molecule has 1 aliphatic heterocycles. The van der Waals surface area contributed by atoms with Gasteiger partial charge in [-0.05, 0) is 24.6 Å². The van der Waals surface area contributed by atoms with Crippen molar-refractivity contribution in [3.05, 3.63) is 39.4 Å². The van der Waals surface area contributed by atoms with Gasteiger partial charge in [-0.1, -0.05) is 11.6 Å². The number of fused-ring (bicyclic) bond motifs is 1. The normalized spacial score (nSPS) is 20.2. The fourth-order valence-electron chi connectivity index (χ4n) is 2.40. The molecule has 0 amide bonds. The number of β-amino-alcohol motifs (C(OH)–C–C–N with tert-alkyl or cyclic N) is 1. The number of rotatable bonds is 2. The summed E-state index contributed by atoms with van der Waals surface area (Å²) in [5, 5.41) is 10.5. The summed E-state index contributed by atoms with van der Waals surface area (Å²) in [5.41, 5.74) is 0.463. The Morgan fingerprint density at radius 2 is 2.37 bits per heavy atom. The van der Waals surface area contributed by atoms with E-state index in [1.54, 1.807) is 18.2 Å². The third-order valence-corrected chi connectivity index (χ3v) is 3.57. The van der Waals surface area contributed by atoms with Crippen molar-refractivity contribution >= 4 is 22.5 Å². The number of benzene rings is 1. The molecule has 6 heteroatoms. The highest BCUT2D eigenvalue weighted by atomic mass is 35.5. The topological polar surface area (TPSA) is 69.2 Å². The number of nitrogens with one attached hydrogen (secondary N) is 1. The van der Waals surface area contributed by atoms with Crippen LogP contribution < -0.4 is 5.56 Å². The Balaban J connectivity index is 1.93. The van der Waals surface area contributed by atoms with Gasteiger partial charge < -0.3 is 10.1 Å². The molecule has 19 heavy (non-hydrogen) atoms. The van der Waals surface area contributed by atoms with Crippen molar-refractivity contribution in [1.82, 2.24) is 14.9 Å². The highest BCUT2D eigenvalue weighted by molar-refractivity contribution is 6.31. The predicted molar refractivity (Wildman–Crippen MR) is 73.3 cm³/mol. The number of hydrogen-bond acceptors (Lipinski definition) is 4. The number of likely N-dealkylation sites (tertiary alicyclic amines) is 1. The first-order valence-electron chi connectivity index (χ1n) is 6.21. The van der Waals surface area contributed by atoms with Crippen molar-refractivity contribution < 1.29 is 5.11 Å². The van der Waals surface area contributed by atoms with Crippen molar-refractivity contribution in [3.63, 3.8) is 0 Å². The van der Waals surface area contributed by atoms with Crippen LogP contribution in [0.4, 0.5) is 0 Å². The van der Waals surface area contributed by atoms with E-state index in [9.17, 15) is 9.90 Å². The molecule has 1 aliphatic rings. The third-order valence-electron chi connectivity index (χ3n) is 3.34. The van der Waals surface area contributed by atoms with Gasteiger partial charge in [-0.3, -0.25) is 9.69 Å². The van der Waals surface area contributed by atoms with Gasteiger partial charge in [-0.25, -0.2) is 4.98 Å². The zero-order valence-corrected chi connectivity index (χ0v) is 11.0. The van der Waals surface area contributed by atoms with Crippen LogP contribution in [0.25, 0.3) is 10.9 Å². The Hall–Kier alpha value is -1.43. The summed E-state index contributed by atoms with van der Waals surface area (Å²) < 4.78 is 0. The quantitative estimate of drug-likeness (QED) is 0.865. The van der Waals surface area contributed by atoms with Crippen LogP contribution in [-0.2, 0) is 6.54 Å². The van der Waals surface area contributed by atoms with Crippen molar-refractivity contribution in [2.24, 2.45) is 0 Å². The second-order valence-corrected chi connectivity index (χ2v) is 5.29. The average Bonchev–Trinajstić information content (AvgIpc) is 2.76. The van der Waals surface area contributed by atoms with Gasteiger partial charge in [-0.2, -0.15) is 0 Å². The molecule has 1 fully saturated rings. The lowest BCUT2D eigenvalue weighted by Gasteiger charge is -2.14. The molecule has 5 nitrogen and oxygen atoms in total. The van der Waals surface area contributed by atoms with E-state index in [0.29, 0.717) is 34.8 Å². The number of aromatic nitrogens is 2. The lowest BCUT2D eigenvalue weighted by Crippen LogP contribution is -2.24. The maximum atomic E-state index is 12.0. The summed E-state index contributed by atoms with van der Waals surface area (Å²) in [7, 11) is 0. The molecule has 0 unspecified atom stereocenters. The molecule has 100 valence electrons. The summed E-state index contributed by atoms with van der Waals surface area (Å²) in [4.78, 5) is 21.2. The van der Waals surface area contributed by atoms with Gasteiger partial charge in [0.1, 0.15) is 5.82 Å². The number of aromatic amines is 1. The number of aliphatic hydroxyl groups is 1. The minimum absolute atomic E-state index is 0.178. The fourth-order valence-corrected chi connectivity index (χ4v) is 2.57. The van der Waals surface area contributed by atoms with Gasteiger partial charge >= 0.3 is 0 Å². The molecule has 0 bridgehead atoms. The number of halogens is 1. The minimum Gasteiger partial charge on any atom is -0.392 e. The minimum atomic E-state index is -0.272. The molecule has 0 radical (unpaired) electrons. The van der Waals surface area contributed by atoms with E-state index in [2.05, 4.69) is 14.9 Å². The van der Waals surface area contributed by atoms with Gasteiger partial charge in [0.15, 0.2) is 0 Å². The summed E-state index contributed by atoms with van der Waals surface area (Å²) in [5.74, 6) is 0.619. The second-order valence-electron chi connectivity index (χ2n) is 4.85. The van der Waals surface area contributed by atoms with E-state index in [0.717, 1.165) is 13.0 Å². The van der Waals surface area contributed by atoms with Crippen LogP contribution in [0.15, 0.2) is 23.0 Å². The van der Waals surface area contributed by atoms with Gasteiger partial charge in [0.2, 0.25) is 0 Å². The zero-order valence-electron chi connectivity index (χ0n) is 10.3. The summed E-state index contributed by atoms with van der Waals surface area (Å²) in [6.45, 7) is 2.00. The Bertz CT molecular complexity index is 670. The molecule has 2 heterocycles. The molecule has 1 aromatic heterocycles. The molecule has 3 rings (SSSR count). The van der Waals surface area contributed by atoms with E-state index < -0.39 is 0 Å². The first-order valence-corrected chi connectivity index (χ1v) is 6.58. The lowest BCUT2D eigenvalue weighted by atomic mass is 10.2. The maximum absolute atomic E-state index is 12.0. The van der Waals surface area contributed by atoms with Crippen LogP contribution in [0.2, 0.25) is 5.02 Å². The van der Waals surface area contributed by atoms with E-state index in [1.165, 1.54) is 0 Å². The molecule has 0 spiro atoms. The van der Waals surface area contributed by atoms with E-state index in [1.807, 2.05) is 0 Å². The Kier molecular flexibility index (Phi) is 3.26. The standard InChI is InChI=1S/C13H14ClN3O2/c14-8-1-2-11-10(5-8)13(19)16-12(15-11)7-17-4-3-9(18)6-17/h1-2,5,9,18H,3-4,6-7H2,(H,15,16,19)/t9-/m1/s1. The van der Waals surface area contributed by atoms with Crippen molar-refractivity contribution in [2.75, 3.05) is 13.1 Å². The first-order chi connectivity index (χ1) is 9.11. The van der Waals surface area contributed by atoms with Crippen LogP contribution in [0.5, 0.6) is 0 Å². The van der Waals surface area contributed by atoms with Gasteiger partial charge in [0, 0.05) is 18.1 Å². The molecule has 2 N–H and O–H groups in total. The maximum Gasteiger partial charge on any atom is 0.258 e. The van der Waals surface area contributed by atoms with Crippen LogP contribution in [-0.4, -0.2) is 39.2 Å². The van der Waals surface area contributed by atoms with E-state index >= 15 is 0 Å². The lowest BCUT2D eigenvalue weighted by molar-refractivity contribution is 0.174. The highest BCUT2D eigenvalue weighted by Crippen LogP contribution is 2.16. The monoisotopic (exact) mass is 279 g/mol. The smallest absolute Gasteiger partial charge is 0.258 e. The number of hydrogen-bond donors (Lipinski definition) is 2. The average molecular weight is 280 g/mol. The van der Waals surface area contributed by atoms with Crippen molar-refractivity contribution in [2.45, 2.75) is 19.1 Å². The molecular formula is C13H14ClN3O2. The van der Waals surface area contributed by atoms with Crippen LogP contribution in [0.1, 0.15) is 12.2 Å². The van der Waals surface area contributed by atoms with E-state index in [-0.39, 0.29) is 11.7 Å². The summed E-state index contributed by atoms with van der Waals surface area (Å²) in [6, 6.07) is 5.08. The number of nitrogens with zero attached hydrogens (tertiary/aromatic N) is 2. The van der Waals surface area contributed by atoms with Gasteiger partial charge in [0.05, 0.1) is 23.6 Å². The molecule has 1 saturated heterocycles. The number of H-pyrrole nitrogens is 1. The second kappa shape index (κ2) is 4.92. The highest BCUT2D eigenvalue weighted by Gasteiger charge is 2.20. The summed E-state index contributed by atoms with van der Waals surface area (Å²) in [6.07, 6.45) is 0.499. The predicted octanol–water partition coefficient (Wildman–Crippen LogP) is 1.14. The molecule has 0 aliphatic carbocycles. The van der Waals surface area contributed by atoms with E-state index in [4.69, 9.17) is 11.6 Å². The molecular weight excluding hydrogens is 266 g/mol. The fraction of sp³-hybridized carbons (Fsp3) is 0.385. The first kappa shape index (κ1) is 12.6. The zero-order chi connectivity index (χ0) is 13.4. The molecule has 1 atom stereocenters. The van der Waals surface area contributed by atoms with Crippen LogP contribution in [0, 0.1) is 0 Å². The third kappa shape index (κ3) is 2.63. The summed E-state index contributed by atoms with van der Waals surface area (Å²) >= 11 is 5.87. The van der Waals surface area contributed by atoms with Crippen molar-refractivity contribution in [3.8, 4) is 0 Å². The van der Waals surface area contributed by atoms with Crippen LogP contribution >= 0.6 is 11.6 Å². The van der Waals surface area contributed by atoms with Gasteiger partial charge in [0.25, 0.3) is 5.56 Å².